The van der Waals surface area contributed by atoms with Crippen LogP contribution in [0.3, 0.4) is 0 Å². The standard InChI is InChI=1S/C13H18N2O4/c1-19-8-11(14)13(18)15-10-4-2-3-9(7-10)5-6-12(16)17/h2-4,7,11H,5-6,8,14H2,1H3,(H,15,18)(H,16,17). The van der Waals surface area contributed by atoms with E-state index in [0.29, 0.717) is 12.1 Å². The minimum Gasteiger partial charge on any atom is -0.481 e. The van der Waals surface area contributed by atoms with Crippen LogP contribution in [-0.2, 0) is 20.7 Å². The summed E-state index contributed by atoms with van der Waals surface area (Å²) in [7, 11) is 1.47. The Morgan fingerprint density at radius 3 is 2.84 bits per heavy atom. The molecular weight excluding hydrogens is 248 g/mol. The van der Waals surface area contributed by atoms with E-state index < -0.39 is 12.0 Å². The Hall–Kier alpha value is -1.92. The first-order valence-corrected chi connectivity index (χ1v) is 5.89. The van der Waals surface area contributed by atoms with Crippen LogP contribution in [0, 0.1) is 0 Å². The highest BCUT2D eigenvalue weighted by molar-refractivity contribution is 5.94. The highest BCUT2D eigenvalue weighted by Crippen LogP contribution is 2.12. The fourth-order valence-electron chi connectivity index (χ4n) is 1.55. The van der Waals surface area contributed by atoms with Crippen LogP contribution >= 0.6 is 0 Å². The van der Waals surface area contributed by atoms with E-state index in [-0.39, 0.29) is 18.9 Å². The topological polar surface area (TPSA) is 102 Å². The first-order chi connectivity index (χ1) is 9.02. The molecule has 0 radical (unpaired) electrons. The summed E-state index contributed by atoms with van der Waals surface area (Å²) in [5.74, 6) is -1.19. The summed E-state index contributed by atoms with van der Waals surface area (Å²) in [6.07, 6.45) is 0.476. The number of carbonyl (C=O) groups is 2. The molecule has 0 aliphatic rings. The van der Waals surface area contributed by atoms with Gasteiger partial charge >= 0.3 is 5.97 Å². The SMILES string of the molecule is COCC(N)C(=O)Nc1cccc(CCC(=O)O)c1. The smallest absolute Gasteiger partial charge is 0.303 e. The lowest BCUT2D eigenvalue weighted by Gasteiger charge is -2.11. The van der Waals surface area contributed by atoms with Gasteiger partial charge in [0.15, 0.2) is 0 Å². The fourth-order valence-corrected chi connectivity index (χ4v) is 1.55. The van der Waals surface area contributed by atoms with Crippen molar-refractivity contribution in [1.29, 1.82) is 0 Å². The van der Waals surface area contributed by atoms with Crippen molar-refractivity contribution >= 4 is 17.6 Å². The van der Waals surface area contributed by atoms with Gasteiger partial charge in [-0.2, -0.15) is 0 Å². The average Bonchev–Trinajstić information content (AvgIpc) is 2.37. The van der Waals surface area contributed by atoms with Gasteiger partial charge in [0.2, 0.25) is 5.91 Å². The molecule has 6 nitrogen and oxygen atoms in total. The normalized spacial score (nSPS) is 11.9. The molecular formula is C13H18N2O4. The summed E-state index contributed by atoms with van der Waals surface area (Å²) < 4.78 is 4.80. The molecule has 19 heavy (non-hydrogen) atoms. The number of hydrogen-bond donors (Lipinski definition) is 3. The van der Waals surface area contributed by atoms with Crippen molar-refractivity contribution in [3.05, 3.63) is 29.8 Å². The molecule has 0 fully saturated rings. The Labute approximate surface area is 111 Å². The minimum absolute atomic E-state index is 0.0561. The molecule has 0 saturated heterocycles. The molecule has 0 aliphatic heterocycles. The van der Waals surface area contributed by atoms with E-state index in [9.17, 15) is 9.59 Å². The lowest BCUT2D eigenvalue weighted by Crippen LogP contribution is -2.39. The third-order valence-corrected chi connectivity index (χ3v) is 2.51. The van der Waals surface area contributed by atoms with Gasteiger partial charge in [0.05, 0.1) is 6.61 Å². The summed E-state index contributed by atoms with van der Waals surface area (Å²) >= 11 is 0. The lowest BCUT2D eigenvalue weighted by molar-refractivity contribution is -0.137. The van der Waals surface area contributed by atoms with E-state index in [1.54, 1.807) is 18.2 Å². The molecule has 4 N–H and O–H groups in total. The molecule has 1 aromatic rings. The van der Waals surface area contributed by atoms with Crippen LogP contribution < -0.4 is 11.1 Å². The number of hydrogen-bond acceptors (Lipinski definition) is 4. The second kappa shape index (κ2) is 7.50. The van der Waals surface area contributed by atoms with Crippen LogP contribution in [0.2, 0.25) is 0 Å². The number of nitrogens with two attached hydrogens (primary N) is 1. The third kappa shape index (κ3) is 5.50. The number of anilines is 1. The zero-order valence-corrected chi connectivity index (χ0v) is 10.8. The van der Waals surface area contributed by atoms with Crippen LogP contribution in [0.25, 0.3) is 0 Å². The number of nitrogens with one attached hydrogen (secondary N) is 1. The molecule has 1 amide bonds. The molecule has 1 rings (SSSR count). The predicted octanol–water partition coefficient (Wildman–Crippen LogP) is 0.616. The second-order valence-electron chi connectivity index (χ2n) is 4.15. The van der Waals surface area contributed by atoms with Crippen molar-refractivity contribution in [3.8, 4) is 0 Å². The van der Waals surface area contributed by atoms with Gasteiger partial charge in [-0.1, -0.05) is 12.1 Å². The van der Waals surface area contributed by atoms with E-state index in [2.05, 4.69) is 5.32 Å². The molecule has 0 aliphatic carbocycles. The summed E-state index contributed by atoms with van der Waals surface area (Å²) in [4.78, 5) is 22.2. The molecule has 104 valence electrons. The first kappa shape index (κ1) is 15.1. The van der Waals surface area contributed by atoms with Crippen molar-refractivity contribution in [3.63, 3.8) is 0 Å². The van der Waals surface area contributed by atoms with Gasteiger partial charge < -0.3 is 20.9 Å². The van der Waals surface area contributed by atoms with Crippen LogP contribution in [0.5, 0.6) is 0 Å². The maximum atomic E-state index is 11.7. The fraction of sp³-hybridized carbons (Fsp3) is 0.385. The van der Waals surface area contributed by atoms with Crippen LogP contribution in [0.1, 0.15) is 12.0 Å². The van der Waals surface area contributed by atoms with Crippen molar-refractivity contribution < 1.29 is 19.4 Å². The number of benzene rings is 1. The number of rotatable bonds is 7. The van der Waals surface area contributed by atoms with Gasteiger partial charge in [-0.05, 0) is 24.1 Å². The molecule has 0 spiro atoms. The number of methoxy groups -OCH3 is 1. The summed E-state index contributed by atoms with van der Waals surface area (Å²) in [5.41, 5.74) is 7.04. The predicted molar refractivity (Wildman–Crippen MR) is 70.9 cm³/mol. The maximum absolute atomic E-state index is 11.7. The van der Waals surface area contributed by atoms with Crippen LogP contribution in [0.15, 0.2) is 24.3 Å². The molecule has 0 saturated carbocycles. The van der Waals surface area contributed by atoms with E-state index in [4.69, 9.17) is 15.6 Å². The summed E-state index contributed by atoms with van der Waals surface area (Å²) in [6.45, 7) is 0.143. The number of carboxylic acids is 1. The quantitative estimate of drug-likeness (QED) is 0.671. The molecule has 1 atom stereocenters. The summed E-state index contributed by atoms with van der Waals surface area (Å²) in [6, 6.07) is 6.30. The largest absolute Gasteiger partial charge is 0.481 e. The van der Waals surface area contributed by atoms with Crippen LogP contribution in [0.4, 0.5) is 5.69 Å². The van der Waals surface area contributed by atoms with Crippen molar-refractivity contribution in [1.82, 2.24) is 0 Å². The second-order valence-corrected chi connectivity index (χ2v) is 4.15. The monoisotopic (exact) mass is 266 g/mol. The van der Waals surface area contributed by atoms with E-state index in [0.717, 1.165) is 5.56 Å². The molecule has 0 aromatic heterocycles. The Bertz CT molecular complexity index is 448. The van der Waals surface area contributed by atoms with E-state index in [1.807, 2.05) is 6.07 Å². The Kier molecular flexibility index (Phi) is 5.98. The Morgan fingerprint density at radius 2 is 2.21 bits per heavy atom. The number of ether oxygens (including phenoxy) is 1. The number of amides is 1. The number of carbonyl (C=O) groups excluding carboxylic acids is 1. The van der Waals surface area contributed by atoms with Crippen molar-refractivity contribution in [2.45, 2.75) is 18.9 Å². The minimum atomic E-state index is -0.850. The zero-order valence-electron chi connectivity index (χ0n) is 10.8. The molecule has 6 heteroatoms. The lowest BCUT2D eigenvalue weighted by atomic mass is 10.1. The average molecular weight is 266 g/mol. The van der Waals surface area contributed by atoms with Gasteiger partial charge in [-0.15, -0.1) is 0 Å². The zero-order chi connectivity index (χ0) is 14.3. The third-order valence-electron chi connectivity index (χ3n) is 2.51. The highest BCUT2D eigenvalue weighted by Gasteiger charge is 2.13. The van der Waals surface area contributed by atoms with E-state index >= 15 is 0 Å². The number of aryl methyl sites for hydroxylation is 1. The summed E-state index contributed by atoms with van der Waals surface area (Å²) in [5, 5.41) is 11.3. The van der Waals surface area contributed by atoms with Gasteiger partial charge in [-0.25, -0.2) is 0 Å². The Balaban J connectivity index is 2.61. The first-order valence-electron chi connectivity index (χ1n) is 5.89. The Morgan fingerprint density at radius 1 is 1.47 bits per heavy atom. The molecule has 1 unspecified atom stereocenters. The van der Waals surface area contributed by atoms with Crippen molar-refractivity contribution in [2.24, 2.45) is 5.73 Å². The van der Waals surface area contributed by atoms with Gasteiger partial charge in [0.25, 0.3) is 0 Å². The maximum Gasteiger partial charge on any atom is 0.303 e. The molecule has 0 bridgehead atoms. The van der Waals surface area contributed by atoms with Gasteiger partial charge in [-0.3, -0.25) is 9.59 Å². The van der Waals surface area contributed by atoms with Crippen molar-refractivity contribution in [2.75, 3.05) is 19.0 Å². The number of carboxylic acid groups (broad SMARTS) is 1. The van der Waals surface area contributed by atoms with Crippen LogP contribution in [-0.4, -0.2) is 36.7 Å². The number of aliphatic carboxylic acids is 1. The molecule has 0 heterocycles. The van der Waals surface area contributed by atoms with Gasteiger partial charge in [0, 0.05) is 19.2 Å². The highest BCUT2D eigenvalue weighted by atomic mass is 16.5. The molecule has 1 aromatic carbocycles. The van der Waals surface area contributed by atoms with E-state index in [1.165, 1.54) is 7.11 Å². The van der Waals surface area contributed by atoms with Gasteiger partial charge in [0.1, 0.15) is 6.04 Å².